The van der Waals surface area contributed by atoms with Gasteiger partial charge in [-0.3, -0.25) is 0 Å². The van der Waals surface area contributed by atoms with Crippen molar-refractivity contribution in [1.82, 2.24) is 0 Å². The molecule has 8 nitrogen and oxygen atoms in total. The molecule has 0 radical (unpaired) electrons. The molecule has 0 spiro atoms. The normalized spacial score (nSPS) is 28.5. The van der Waals surface area contributed by atoms with E-state index in [-0.39, 0.29) is 24.7 Å². The van der Waals surface area contributed by atoms with Crippen LogP contribution in [0, 0.1) is 0 Å². The highest BCUT2D eigenvalue weighted by Gasteiger charge is 2.51. The van der Waals surface area contributed by atoms with E-state index in [0.29, 0.717) is 0 Å². The van der Waals surface area contributed by atoms with Crippen LogP contribution < -0.4 is 0 Å². The van der Waals surface area contributed by atoms with Crippen LogP contribution in [0.2, 0.25) is 0 Å². The second-order valence-electron chi connectivity index (χ2n) is 5.44. The molecular formula is C16H14O8. The van der Waals surface area contributed by atoms with Crippen LogP contribution in [0.25, 0.3) is 0 Å². The zero-order valence-electron chi connectivity index (χ0n) is 12.5. The van der Waals surface area contributed by atoms with Crippen LogP contribution in [0.3, 0.4) is 0 Å². The smallest absolute Gasteiger partial charge is 0.374 e. The summed E-state index contributed by atoms with van der Waals surface area (Å²) in [7, 11) is 0. The van der Waals surface area contributed by atoms with Gasteiger partial charge < -0.3 is 27.8 Å². The van der Waals surface area contributed by atoms with Gasteiger partial charge in [-0.05, 0) is 24.3 Å². The number of hydrogen-bond donors (Lipinski definition) is 0. The first-order valence-corrected chi connectivity index (χ1v) is 7.44. The van der Waals surface area contributed by atoms with Gasteiger partial charge in [-0.2, -0.15) is 0 Å². The Morgan fingerprint density at radius 3 is 1.67 bits per heavy atom. The molecule has 4 heterocycles. The number of carbonyl (C=O) groups excluding carboxylic acids is 2. The number of hydrogen-bond acceptors (Lipinski definition) is 8. The Hall–Kier alpha value is -2.58. The highest BCUT2D eigenvalue weighted by Crippen LogP contribution is 2.31. The summed E-state index contributed by atoms with van der Waals surface area (Å²) in [5, 5.41) is 0. The largest absolute Gasteiger partial charge is 0.457 e. The zero-order chi connectivity index (χ0) is 16.5. The highest BCUT2D eigenvalue weighted by atomic mass is 16.7. The lowest BCUT2D eigenvalue weighted by atomic mass is 10.1. The molecule has 0 amide bonds. The van der Waals surface area contributed by atoms with Crippen LogP contribution in [-0.2, 0) is 18.9 Å². The third kappa shape index (κ3) is 2.70. The predicted molar refractivity (Wildman–Crippen MR) is 75.3 cm³/mol. The van der Waals surface area contributed by atoms with E-state index in [0.717, 1.165) is 0 Å². The van der Waals surface area contributed by atoms with Gasteiger partial charge in [-0.25, -0.2) is 9.59 Å². The van der Waals surface area contributed by atoms with Gasteiger partial charge in [0.05, 0.1) is 25.7 Å². The topological polar surface area (TPSA) is 97.3 Å². The van der Waals surface area contributed by atoms with Crippen molar-refractivity contribution in [2.75, 3.05) is 13.2 Å². The summed E-state index contributed by atoms with van der Waals surface area (Å²) in [5.74, 6) is -0.961. The van der Waals surface area contributed by atoms with Crippen molar-refractivity contribution < 1.29 is 37.4 Å². The fourth-order valence-corrected chi connectivity index (χ4v) is 2.81. The Morgan fingerprint density at radius 1 is 0.833 bits per heavy atom. The van der Waals surface area contributed by atoms with Gasteiger partial charge in [0.25, 0.3) is 0 Å². The molecule has 2 saturated heterocycles. The van der Waals surface area contributed by atoms with Crippen LogP contribution >= 0.6 is 0 Å². The molecule has 0 aliphatic carbocycles. The van der Waals surface area contributed by atoms with E-state index in [4.69, 9.17) is 27.8 Å². The molecule has 2 aliphatic rings. The van der Waals surface area contributed by atoms with Gasteiger partial charge in [0.1, 0.15) is 12.2 Å². The Balaban J connectivity index is 1.37. The average Bonchev–Trinajstić information content (AvgIpc) is 3.36. The number of furan rings is 2. The molecule has 2 fully saturated rings. The lowest BCUT2D eigenvalue weighted by Crippen LogP contribution is -2.35. The average molecular weight is 334 g/mol. The molecule has 4 rings (SSSR count). The monoisotopic (exact) mass is 334 g/mol. The number of carbonyl (C=O) groups is 2. The van der Waals surface area contributed by atoms with E-state index in [1.54, 1.807) is 12.1 Å². The number of fused-ring (bicyclic) bond motifs is 1. The minimum Gasteiger partial charge on any atom is -0.457 e. The number of ether oxygens (including phenoxy) is 4. The molecule has 2 aliphatic heterocycles. The van der Waals surface area contributed by atoms with E-state index in [1.807, 2.05) is 0 Å². The fourth-order valence-electron chi connectivity index (χ4n) is 2.81. The van der Waals surface area contributed by atoms with Crippen molar-refractivity contribution in [2.24, 2.45) is 0 Å². The molecule has 2 aromatic rings. The minimum absolute atomic E-state index is 0.109. The van der Waals surface area contributed by atoms with Crippen molar-refractivity contribution in [3.05, 3.63) is 48.3 Å². The second kappa shape index (κ2) is 6.14. The molecule has 2 aromatic heterocycles. The molecular weight excluding hydrogens is 320 g/mol. The first-order valence-electron chi connectivity index (χ1n) is 7.44. The summed E-state index contributed by atoms with van der Waals surface area (Å²) in [6.07, 6.45) is 0.637. The second-order valence-corrected chi connectivity index (χ2v) is 5.44. The minimum atomic E-state index is -0.589. The van der Waals surface area contributed by atoms with Crippen LogP contribution in [0.5, 0.6) is 0 Å². The predicted octanol–water partition coefficient (Wildman–Crippen LogP) is 1.42. The Morgan fingerprint density at radius 2 is 1.29 bits per heavy atom. The number of rotatable bonds is 4. The van der Waals surface area contributed by atoms with Gasteiger partial charge in [0.15, 0.2) is 12.2 Å². The Kier molecular flexibility index (Phi) is 3.83. The van der Waals surface area contributed by atoms with Crippen molar-refractivity contribution in [1.29, 1.82) is 0 Å². The maximum absolute atomic E-state index is 11.9. The molecule has 0 unspecified atom stereocenters. The summed E-state index contributed by atoms with van der Waals surface area (Å²) >= 11 is 0. The summed E-state index contributed by atoms with van der Waals surface area (Å²) in [6, 6.07) is 6.22. The summed E-state index contributed by atoms with van der Waals surface area (Å²) in [5.41, 5.74) is 0. The Bertz CT molecular complexity index is 642. The Labute approximate surface area is 136 Å². The van der Waals surface area contributed by atoms with Gasteiger partial charge in [0.2, 0.25) is 11.5 Å². The SMILES string of the molecule is O=C(O[C@H]1CO[C@H]2[C@H]1OC[C@@H]2OC(=O)c1ccco1)c1ccco1. The summed E-state index contributed by atoms with van der Waals surface area (Å²) < 4.78 is 31.9. The third-order valence-corrected chi connectivity index (χ3v) is 3.92. The third-order valence-electron chi connectivity index (χ3n) is 3.92. The van der Waals surface area contributed by atoms with Crippen LogP contribution in [0.4, 0.5) is 0 Å². The lowest BCUT2D eigenvalue weighted by Gasteiger charge is -2.16. The van der Waals surface area contributed by atoms with Crippen molar-refractivity contribution in [3.8, 4) is 0 Å². The van der Waals surface area contributed by atoms with E-state index >= 15 is 0 Å². The summed E-state index contributed by atoms with van der Waals surface area (Å²) in [6.45, 7) is 0.327. The molecule has 126 valence electrons. The maximum atomic E-state index is 11.9. The van der Waals surface area contributed by atoms with Crippen LogP contribution in [0.1, 0.15) is 21.1 Å². The highest BCUT2D eigenvalue weighted by molar-refractivity contribution is 5.86. The van der Waals surface area contributed by atoms with Crippen LogP contribution in [0.15, 0.2) is 45.6 Å². The fraction of sp³-hybridized carbons (Fsp3) is 0.375. The molecule has 0 N–H and O–H groups in total. The molecule has 0 bridgehead atoms. The molecule has 0 aromatic carbocycles. The maximum Gasteiger partial charge on any atom is 0.374 e. The van der Waals surface area contributed by atoms with Crippen molar-refractivity contribution >= 4 is 11.9 Å². The van der Waals surface area contributed by atoms with E-state index < -0.39 is 36.4 Å². The van der Waals surface area contributed by atoms with Gasteiger partial charge in [-0.15, -0.1) is 0 Å². The van der Waals surface area contributed by atoms with E-state index in [2.05, 4.69) is 0 Å². The molecule has 8 heteroatoms. The molecule has 0 saturated carbocycles. The first kappa shape index (κ1) is 15.0. The molecule has 4 atom stereocenters. The van der Waals surface area contributed by atoms with Crippen molar-refractivity contribution in [3.63, 3.8) is 0 Å². The van der Waals surface area contributed by atoms with Gasteiger partial charge in [-0.1, -0.05) is 0 Å². The summed E-state index contributed by atoms with van der Waals surface area (Å²) in [4.78, 5) is 23.9. The van der Waals surface area contributed by atoms with Gasteiger partial charge >= 0.3 is 11.9 Å². The van der Waals surface area contributed by atoms with Crippen LogP contribution in [-0.4, -0.2) is 49.6 Å². The quantitative estimate of drug-likeness (QED) is 0.775. The van der Waals surface area contributed by atoms with Gasteiger partial charge in [0, 0.05) is 0 Å². The van der Waals surface area contributed by atoms with E-state index in [9.17, 15) is 9.59 Å². The molecule has 24 heavy (non-hydrogen) atoms. The standard InChI is InChI=1S/C16H14O8/c17-15(9-3-1-5-19-9)23-11-7-21-14-12(8-22-13(11)14)24-16(18)10-4-2-6-20-10/h1-6,11-14H,7-8H2/t11-,12-,13-,14+/m0/s1. The first-order chi connectivity index (χ1) is 11.7. The lowest BCUT2D eigenvalue weighted by molar-refractivity contribution is -0.0307. The zero-order valence-corrected chi connectivity index (χ0v) is 12.5. The van der Waals surface area contributed by atoms with Crippen molar-refractivity contribution in [2.45, 2.75) is 24.4 Å². The van der Waals surface area contributed by atoms with E-state index in [1.165, 1.54) is 24.7 Å². The number of esters is 2.